The second-order valence-corrected chi connectivity index (χ2v) is 5.67. The summed E-state index contributed by atoms with van der Waals surface area (Å²) in [4.78, 5) is 10.8. The van der Waals surface area contributed by atoms with Crippen molar-refractivity contribution in [3.8, 4) is 0 Å². The largest absolute Gasteiger partial charge is 0.477 e. The van der Waals surface area contributed by atoms with Crippen LogP contribution in [0.1, 0.15) is 10.5 Å². The minimum atomic E-state index is -3.82. The van der Waals surface area contributed by atoms with Crippen molar-refractivity contribution >= 4 is 21.7 Å². The van der Waals surface area contributed by atoms with Gasteiger partial charge in [-0.2, -0.15) is 5.10 Å². The first-order valence-corrected chi connectivity index (χ1v) is 6.69. The van der Waals surface area contributed by atoms with Gasteiger partial charge in [0, 0.05) is 26.5 Å². The molecule has 2 N–H and O–H groups in total. The average Bonchev–Trinajstić information content (AvgIpc) is 2.84. The fourth-order valence-electron chi connectivity index (χ4n) is 1.58. The number of nitrogens with zero attached hydrogens (tertiary/aromatic N) is 3. The zero-order valence-electron chi connectivity index (χ0n) is 10.2. The van der Waals surface area contributed by atoms with Crippen LogP contribution in [-0.2, 0) is 24.1 Å². The van der Waals surface area contributed by atoms with E-state index in [1.165, 1.54) is 34.9 Å². The summed E-state index contributed by atoms with van der Waals surface area (Å²) in [6, 6.07) is 1.10. The second kappa shape index (κ2) is 4.43. The molecule has 102 valence electrons. The van der Waals surface area contributed by atoms with E-state index in [2.05, 4.69) is 9.82 Å². The lowest BCUT2D eigenvalue weighted by atomic mass is 10.4. The minimum absolute atomic E-state index is 0.105. The summed E-state index contributed by atoms with van der Waals surface area (Å²) >= 11 is 0. The quantitative estimate of drug-likeness (QED) is 0.837. The van der Waals surface area contributed by atoms with Crippen LogP contribution >= 0.6 is 0 Å². The molecule has 0 bridgehead atoms. The number of aromatic carboxylic acids is 1. The number of carboxylic acids is 1. The smallest absolute Gasteiger partial charge is 0.352 e. The van der Waals surface area contributed by atoms with E-state index in [1.807, 2.05) is 0 Å². The molecule has 0 unspecified atom stereocenters. The Morgan fingerprint density at radius 1 is 1.37 bits per heavy atom. The van der Waals surface area contributed by atoms with E-state index in [1.54, 1.807) is 7.05 Å². The third kappa shape index (κ3) is 2.60. The van der Waals surface area contributed by atoms with Crippen molar-refractivity contribution in [1.29, 1.82) is 0 Å². The Bertz CT molecular complexity index is 729. The van der Waals surface area contributed by atoms with Crippen LogP contribution in [0.5, 0.6) is 0 Å². The van der Waals surface area contributed by atoms with E-state index in [-0.39, 0.29) is 10.6 Å². The van der Waals surface area contributed by atoms with Gasteiger partial charge in [0.1, 0.15) is 10.6 Å². The van der Waals surface area contributed by atoms with Crippen LogP contribution in [0, 0.1) is 0 Å². The zero-order valence-corrected chi connectivity index (χ0v) is 11.0. The van der Waals surface area contributed by atoms with Gasteiger partial charge in [0.05, 0.1) is 11.9 Å². The van der Waals surface area contributed by atoms with E-state index < -0.39 is 16.0 Å². The van der Waals surface area contributed by atoms with Gasteiger partial charge in [-0.05, 0) is 6.07 Å². The molecule has 2 heterocycles. The van der Waals surface area contributed by atoms with Gasteiger partial charge in [0.15, 0.2) is 0 Å². The Balaban J connectivity index is 2.34. The molecule has 8 nitrogen and oxygen atoms in total. The maximum absolute atomic E-state index is 12.0. The number of sulfonamides is 1. The third-order valence-electron chi connectivity index (χ3n) is 2.47. The number of nitrogens with one attached hydrogen (secondary N) is 1. The number of anilines is 1. The topological polar surface area (TPSA) is 106 Å². The molecule has 2 rings (SSSR count). The zero-order chi connectivity index (χ0) is 14.2. The summed E-state index contributed by atoms with van der Waals surface area (Å²) in [5, 5.41) is 12.7. The fourth-order valence-corrected chi connectivity index (χ4v) is 2.68. The normalized spacial score (nSPS) is 11.5. The van der Waals surface area contributed by atoms with Gasteiger partial charge >= 0.3 is 5.97 Å². The molecule has 0 aromatic carbocycles. The van der Waals surface area contributed by atoms with E-state index in [0.29, 0.717) is 5.69 Å². The van der Waals surface area contributed by atoms with Crippen LogP contribution in [0.3, 0.4) is 0 Å². The van der Waals surface area contributed by atoms with Crippen molar-refractivity contribution in [3.63, 3.8) is 0 Å². The molecule has 19 heavy (non-hydrogen) atoms. The first-order valence-electron chi connectivity index (χ1n) is 5.21. The lowest BCUT2D eigenvalue weighted by Gasteiger charge is -2.02. The van der Waals surface area contributed by atoms with Gasteiger partial charge in [0.2, 0.25) is 0 Å². The summed E-state index contributed by atoms with van der Waals surface area (Å²) < 4.78 is 29.1. The molecule has 0 aliphatic heterocycles. The van der Waals surface area contributed by atoms with Crippen molar-refractivity contribution in [2.45, 2.75) is 4.90 Å². The number of aromatic nitrogens is 3. The Hall–Kier alpha value is -2.29. The Morgan fingerprint density at radius 2 is 2.05 bits per heavy atom. The van der Waals surface area contributed by atoms with Crippen molar-refractivity contribution < 1.29 is 18.3 Å². The van der Waals surface area contributed by atoms with Gasteiger partial charge < -0.3 is 9.67 Å². The maximum atomic E-state index is 12.0. The Labute approximate surface area is 109 Å². The highest BCUT2D eigenvalue weighted by Crippen LogP contribution is 2.17. The molecular formula is C10H12N4O4S. The maximum Gasteiger partial charge on any atom is 0.352 e. The fraction of sp³-hybridized carbons (Fsp3) is 0.200. The van der Waals surface area contributed by atoms with E-state index in [0.717, 1.165) is 6.07 Å². The van der Waals surface area contributed by atoms with Crippen LogP contribution in [0.15, 0.2) is 29.6 Å². The third-order valence-corrected chi connectivity index (χ3v) is 3.81. The molecule has 0 aliphatic carbocycles. The van der Waals surface area contributed by atoms with Crippen molar-refractivity contribution in [2.75, 3.05) is 4.72 Å². The lowest BCUT2D eigenvalue weighted by Crippen LogP contribution is -2.11. The van der Waals surface area contributed by atoms with Gasteiger partial charge in [-0.15, -0.1) is 0 Å². The molecule has 0 spiro atoms. The van der Waals surface area contributed by atoms with E-state index >= 15 is 0 Å². The highest BCUT2D eigenvalue weighted by Gasteiger charge is 2.20. The Morgan fingerprint density at radius 3 is 2.53 bits per heavy atom. The van der Waals surface area contributed by atoms with Crippen LogP contribution in [-0.4, -0.2) is 33.8 Å². The molecule has 0 fully saturated rings. The lowest BCUT2D eigenvalue weighted by molar-refractivity contribution is 0.0686. The summed E-state index contributed by atoms with van der Waals surface area (Å²) in [7, 11) is -0.702. The standard InChI is InChI=1S/C10H12N4O4S/c1-13-6-8(3-9(13)10(15)16)19(17,18)12-7-4-11-14(2)5-7/h3-6,12H,1-2H3,(H,15,16). The number of carboxylic acid groups (broad SMARTS) is 1. The van der Waals surface area contributed by atoms with Gasteiger partial charge in [-0.1, -0.05) is 0 Å². The molecular weight excluding hydrogens is 272 g/mol. The minimum Gasteiger partial charge on any atom is -0.477 e. The van der Waals surface area contributed by atoms with Crippen molar-refractivity contribution in [2.24, 2.45) is 14.1 Å². The van der Waals surface area contributed by atoms with Gasteiger partial charge in [-0.25, -0.2) is 13.2 Å². The summed E-state index contributed by atoms with van der Waals surface area (Å²) in [6.45, 7) is 0. The number of carbonyl (C=O) groups is 1. The van der Waals surface area contributed by atoms with Crippen LogP contribution < -0.4 is 4.72 Å². The molecule has 0 aliphatic rings. The first-order chi connectivity index (χ1) is 8.79. The molecule has 0 saturated heterocycles. The molecule has 0 saturated carbocycles. The van der Waals surface area contributed by atoms with Crippen LogP contribution in [0.2, 0.25) is 0 Å². The highest BCUT2D eigenvalue weighted by molar-refractivity contribution is 7.92. The SMILES string of the molecule is Cn1cc(NS(=O)(=O)c2cc(C(=O)O)n(C)c2)cn1. The van der Waals surface area contributed by atoms with Gasteiger partial charge in [-0.3, -0.25) is 9.40 Å². The molecule has 0 radical (unpaired) electrons. The number of hydrogen-bond donors (Lipinski definition) is 2. The Kier molecular flexibility index (Phi) is 3.06. The molecule has 0 atom stereocenters. The van der Waals surface area contributed by atoms with Gasteiger partial charge in [0.25, 0.3) is 10.0 Å². The second-order valence-electron chi connectivity index (χ2n) is 3.99. The molecule has 2 aromatic rings. The predicted molar refractivity (Wildman–Crippen MR) is 66.4 cm³/mol. The predicted octanol–water partition coefficient (Wildman–Crippen LogP) is 0.258. The van der Waals surface area contributed by atoms with Crippen LogP contribution in [0.4, 0.5) is 5.69 Å². The molecule has 9 heteroatoms. The van der Waals surface area contributed by atoms with E-state index in [4.69, 9.17) is 5.11 Å². The summed E-state index contributed by atoms with van der Waals surface area (Å²) in [5.41, 5.74) is 0.204. The molecule has 0 amide bonds. The monoisotopic (exact) mass is 284 g/mol. The first kappa shape index (κ1) is 13.1. The number of rotatable bonds is 4. The number of hydrogen-bond acceptors (Lipinski definition) is 4. The summed E-state index contributed by atoms with van der Waals surface area (Å²) in [6.07, 6.45) is 4.10. The van der Waals surface area contributed by atoms with E-state index in [9.17, 15) is 13.2 Å². The molecule has 2 aromatic heterocycles. The van der Waals surface area contributed by atoms with Crippen molar-refractivity contribution in [1.82, 2.24) is 14.3 Å². The number of aryl methyl sites for hydroxylation is 2. The van der Waals surface area contributed by atoms with Crippen LogP contribution in [0.25, 0.3) is 0 Å². The van der Waals surface area contributed by atoms with Crippen molar-refractivity contribution in [3.05, 3.63) is 30.4 Å². The summed E-state index contributed by atoms with van der Waals surface area (Å²) in [5.74, 6) is -1.19. The average molecular weight is 284 g/mol. The highest BCUT2D eigenvalue weighted by atomic mass is 32.2.